The van der Waals surface area contributed by atoms with Crippen molar-refractivity contribution in [3.8, 4) is 0 Å². The number of carbonyl (C=O) groups is 2. The van der Waals surface area contributed by atoms with E-state index in [1.165, 1.54) is 0 Å². The van der Waals surface area contributed by atoms with Gasteiger partial charge in [-0.25, -0.2) is 8.78 Å². The zero-order valence-corrected chi connectivity index (χ0v) is 18.5. The number of hydrogen-bond acceptors (Lipinski definition) is 5. The first-order valence-electron chi connectivity index (χ1n) is 11.1. The molecule has 3 fully saturated rings. The Morgan fingerprint density at radius 3 is 2.27 bits per heavy atom. The summed E-state index contributed by atoms with van der Waals surface area (Å²) in [4.78, 5) is 27.2. The van der Waals surface area contributed by atoms with E-state index < -0.39 is 82.4 Å². The number of nitrogens with one attached hydrogen (secondary N) is 1. The van der Waals surface area contributed by atoms with E-state index in [0.717, 1.165) is 4.90 Å². The number of rotatable bonds is 5. The van der Waals surface area contributed by atoms with E-state index in [4.69, 9.17) is 4.74 Å². The lowest BCUT2D eigenvalue weighted by Crippen LogP contribution is -2.51. The second-order valence-electron chi connectivity index (χ2n) is 9.24. The number of hydrogen-bond donors (Lipinski definition) is 1. The largest absolute Gasteiger partial charge is 0.452 e. The summed E-state index contributed by atoms with van der Waals surface area (Å²) in [7, 11) is 0. The van der Waals surface area contributed by atoms with Crippen molar-refractivity contribution in [3.05, 3.63) is 52.4 Å². The molecule has 1 unspecified atom stereocenters. The molecule has 2 saturated heterocycles. The van der Waals surface area contributed by atoms with E-state index in [2.05, 4.69) is 15.0 Å². The number of likely N-dealkylation sites (tertiary alicyclic amines) is 1. The average molecular weight is 539 g/mol. The molecule has 3 heterocycles. The SMILES string of the molecule is O=C(NC(c1cc(F)c(C(F)(F)F)cc1F)C1COC1)[C@H]1C[C@H]2C[C@H]2N1C(=O)c1cc(C(F)(F)F)on1. The molecule has 4 atom stereocenters. The first-order valence-corrected chi connectivity index (χ1v) is 11.1. The normalized spacial score (nSPS) is 24.4. The molecule has 37 heavy (non-hydrogen) atoms. The lowest BCUT2D eigenvalue weighted by molar-refractivity contribution is -0.155. The van der Waals surface area contributed by atoms with Crippen LogP contribution in [0.15, 0.2) is 22.7 Å². The molecule has 2 amide bonds. The molecular formula is C22H17F8N3O4. The molecule has 0 bridgehead atoms. The molecule has 1 saturated carbocycles. The summed E-state index contributed by atoms with van der Waals surface area (Å²) in [6.45, 7) is 0.00942. The maximum Gasteiger partial charge on any atom is 0.452 e. The molecule has 1 aromatic carbocycles. The zero-order chi connectivity index (χ0) is 26.9. The summed E-state index contributed by atoms with van der Waals surface area (Å²) in [6, 6.07) is -2.09. The number of amides is 2. The number of ether oxygens (including phenoxy) is 1. The molecule has 15 heteroatoms. The van der Waals surface area contributed by atoms with Gasteiger partial charge in [0.05, 0.1) is 24.8 Å². The Morgan fingerprint density at radius 1 is 1.00 bits per heavy atom. The molecule has 200 valence electrons. The molecule has 0 spiro atoms. The minimum atomic E-state index is -5.14. The third kappa shape index (κ3) is 4.64. The molecule has 1 N–H and O–H groups in total. The summed E-state index contributed by atoms with van der Waals surface area (Å²) in [5, 5.41) is 5.65. The predicted molar refractivity (Wildman–Crippen MR) is 105 cm³/mol. The molecule has 2 aliphatic heterocycles. The molecule has 0 radical (unpaired) electrons. The van der Waals surface area contributed by atoms with Crippen LogP contribution in [-0.4, -0.2) is 47.2 Å². The van der Waals surface area contributed by atoms with Gasteiger partial charge in [0.1, 0.15) is 17.7 Å². The van der Waals surface area contributed by atoms with Crippen LogP contribution in [0.4, 0.5) is 35.1 Å². The summed E-state index contributed by atoms with van der Waals surface area (Å²) in [6.07, 6.45) is -9.35. The summed E-state index contributed by atoms with van der Waals surface area (Å²) in [5.74, 6) is -7.10. The van der Waals surface area contributed by atoms with Gasteiger partial charge in [-0.15, -0.1) is 0 Å². The van der Waals surface area contributed by atoms with E-state index in [9.17, 15) is 44.7 Å². The maximum absolute atomic E-state index is 14.7. The third-order valence-corrected chi connectivity index (χ3v) is 6.81. The molecule has 3 aliphatic rings. The fraction of sp³-hybridized carbons (Fsp3) is 0.500. The monoisotopic (exact) mass is 539 g/mol. The Bertz CT molecular complexity index is 1240. The van der Waals surface area contributed by atoms with Gasteiger partial charge in [-0.2, -0.15) is 26.3 Å². The second kappa shape index (κ2) is 8.67. The number of piperidine rings is 1. The van der Waals surface area contributed by atoms with Crippen molar-refractivity contribution in [2.24, 2.45) is 11.8 Å². The van der Waals surface area contributed by atoms with Crippen molar-refractivity contribution in [2.45, 2.75) is 43.3 Å². The Morgan fingerprint density at radius 2 is 1.70 bits per heavy atom. The van der Waals surface area contributed by atoms with Crippen LogP contribution >= 0.6 is 0 Å². The number of carbonyl (C=O) groups excluding carboxylic acids is 2. The minimum Gasteiger partial charge on any atom is -0.381 e. The number of nitrogens with zero attached hydrogens (tertiary/aromatic N) is 2. The summed E-state index contributed by atoms with van der Waals surface area (Å²) in [5.41, 5.74) is -2.99. The van der Waals surface area contributed by atoms with Crippen LogP contribution < -0.4 is 5.32 Å². The fourth-order valence-corrected chi connectivity index (χ4v) is 4.79. The molecule has 1 aromatic heterocycles. The van der Waals surface area contributed by atoms with Crippen LogP contribution in [0, 0.1) is 23.5 Å². The van der Waals surface area contributed by atoms with Gasteiger partial charge in [0.2, 0.25) is 11.7 Å². The van der Waals surface area contributed by atoms with Gasteiger partial charge >= 0.3 is 12.4 Å². The zero-order valence-electron chi connectivity index (χ0n) is 18.5. The minimum absolute atomic E-state index is 0.00471. The van der Waals surface area contributed by atoms with Gasteiger partial charge in [-0.05, 0) is 30.9 Å². The summed E-state index contributed by atoms with van der Waals surface area (Å²) >= 11 is 0. The number of benzene rings is 1. The quantitative estimate of drug-likeness (QED) is 0.579. The van der Waals surface area contributed by atoms with Crippen molar-refractivity contribution < 1.29 is 54.0 Å². The molecular weight excluding hydrogens is 522 g/mol. The van der Waals surface area contributed by atoms with E-state index in [1.807, 2.05) is 0 Å². The molecule has 5 rings (SSSR count). The molecule has 1 aliphatic carbocycles. The van der Waals surface area contributed by atoms with E-state index in [1.54, 1.807) is 0 Å². The number of fused-ring (bicyclic) bond motifs is 1. The highest BCUT2D eigenvalue weighted by atomic mass is 19.4. The lowest BCUT2D eigenvalue weighted by Gasteiger charge is -2.36. The Labute approximate surface area is 202 Å². The molecule has 2 aromatic rings. The first-order chi connectivity index (χ1) is 17.3. The van der Waals surface area contributed by atoms with Crippen molar-refractivity contribution in [2.75, 3.05) is 13.2 Å². The number of alkyl halides is 6. The predicted octanol–water partition coefficient (Wildman–Crippen LogP) is 4.10. The fourth-order valence-electron chi connectivity index (χ4n) is 4.79. The lowest BCUT2D eigenvalue weighted by atomic mass is 9.89. The highest BCUT2D eigenvalue weighted by molar-refractivity contribution is 5.97. The van der Waals surface area contributed by atoms with Gasteiger partial charge in [-0.3, -0.25) is 9.59 Å². The second-order valence-corrected chi connectivity index (χ2v) is 9.24. The Balaban J connectivity index is 1.39. The number of halogens is 8. The van der Waals surface area contributed by atoms with Crippen molar-refractivity contribution in [1.82, 2.24) is 15.4 Å². The van der Waals surface area contributed by atoms with Gasteiger partial charge < -0.3 is 19.5 Å². The van der Waals surface area contributed by atoms with Gasteiger partial charge in [-0.1, -0.05) is 5.16 Å². The van der Waals surface area contributed by atoms with Crippen molar-refractivity contribution >= 4 is 11.8 Å². The first kappa shape index (κ1) is 25.4. The smallest absolute Gasteiger partial charge is 0.381 e. The van der Waals surface area contributed by atoms with Crippen LogP contribution in [0.3, 0.4) is 0 Å². The van der Waals surface area contributed by atoms with E-state index >= 15 is 0 Å². The van der Waals surface area contributed by atoms with Gasteiger partial charge in [0, 0.05) is 23.6 Å². The summed E-state index contributed by atoms with van der Waals surface area (Å²) < 4.78 is 116. The van der Waals surface area contributed by atoms with Gasteiger partial charge in [0.15, 0.2) is 5.69 Å². The van der Waals surface area contributed by atoms with Gasteiger partial charge in [0.25, 0.3) is 5.91 Å². The van der Waals surface area contributed by atoms with Crippen LogP contribution in [0.1, 0.15) is 46.3 Å². The van der Waals surface area contributed by atoms with E-state index in [-0.39, 0.29) is 31.6 Å². The Hall–Kier alpha value is -3.23. The highest BCUT2D eigenvalue weighted by Gasteiger charge is 2.57. The third-order valence-electron chi connectivity index (χ3n) is 6.81. The van der Waals surface area contributed by atoms with Crippen LogP contribution in [-0.2, 0) is 21.9 Å². The Kier molecular flexibility index (Phi) is 5.96. The highest BCUT2D eigenvalue weighted by Crippen LogP contribution is 2.49. The van der Waals surface area contributed by atoms with Crippen LogP contribution in [0.25, 0.3) is 0 Å². The van der Waals surface area contributed by atoms with Crippen LogP contribution in [0.2, 0.25) is 0 Å². The van der Waals surface area contributed by atoms with Crippen LogP contribution in [0.5, 0.6) is 0 Å². The topological polar surface area (TPSA) is 84.7 Å². The van der Waals surface area contributed by atoms with Crippen molar-refractivity contribution in [3.63, 3.8) is 0 Å². The standard InChI is InChI=1S/C22H17F8N3O4/c23-12-4-11(21(25,26)27)13(24)3-10(12)18(9-6-36-7-9)31-19(34)16-2-8-1-15(8)33(16)20(35)14-5-17(37-32-14)22(28,29)30/h3-5,8-9,15-16,18H,1-2,6-7H2,(H,31,34)/t8-,15-,16-,18?/m1/s1. The average Bonchev–Trinajstić information content (AvgIpc) is 3.18. The van der Waals surface area contributed by atoms with Crippen molar-refractivity contribution in [1.29, 1.82) is 0 Å². The molecule has 7 nitrogen and oxygen atoms in total. The number of aromatic nitrogens is 1. The van der Waals surface area contributed by atoms with E-state index in [0.29, 0.717) is 18.6 Å². The maximum atomic E-state index is 14.7.